The van der Waals surface area contributed by atoms with Gasteiger partial charge in [0.25, 0.3) is 0 Å². The number of hydrogen-bond donors (Lipinski definition) is 2. The first-order valence-corrected chi connectivity index (χ1v) is 7.53. The van der Waals surface area contributed by atoms with Crippen LogP contribution in [0.4, 0.5) is 0 Å². The third-order valence-corrected chi connectivity index (χ3v) is 4.38. The van der Waals surface area contributed by atoms with Crippen molar-refractivity contribution in [3.8, 4) is 0 Å². The Morgan fingerprint density at radius 2 is 2.05 bits per heavy atom. The molecule has 3 unspecified atom stereocenters. The molecule has 0 aromatic carbocycles. The second-order valence-corrected chi connectivity index (χ2v) is 5.96. The van der Waals surface area contributed by atoms with Crippen LogP contribution in [0.25, 0.3) is 0 Å². The highest BCUT2D eigenvalue weighted by Crippen LogP contribution is 2.43. The Kier molecular flexibility index (Phi) is 6.55. The van der Waals surface area contributed by atoms with Gasteiger partial charge in [0, 0.05) is 24.0 Å². The highest BCUT2D eigenvalue weighted by molar-refractivity contribution is 5.87. The lowest BCUT2D eigenvalue weighted by Crippen LogP contribution is -2.49. The van der Waals surface area contributed by atoms with Crippen LogP contribution >= 0.6 is 0 Å². The molecule has 1 aliphatic carbocycles. The monoisotopic (exact) mass is 298 g/mol. The van der Waals surface area contributed by atoms with E-state index < -0.39 is 18.2 Å². The fourth-order valence-corrected chi connectivity index (χ4v) is 3.17. The lowest BCUT2D eigenvalue weighted by molar-refractivity contribution is -0.173. The summed E-state index contributed by atoms with van der Waals surface area (Å²) in [6, 6.07) is 0. The molecule has 0 aliphatic heterocycles. The minimum Gasteiger partial charge on any atom is -0.455 e. The van der Waals surface area contributed by atoms with Crippen LogP contribution in [-0.4, -0.2) is 40.8 Å². The lowest BCUT2D eigenvalue weighted by Gasteiger charge is -2.45. The molecule has 2 N–H and O–H groups in total. The van der Waals surface area contributed by atoms with Crippen molar-refractivity contribution >= 4 is 11.8 Å². The number of rotatable bonds is 7. The number of aliphatic hydroxyl groups is 2. The molecular formula is C16H26O5. The Bertz CT molecular complexity index is 403. The molecule has 21 heavy (non-hydrogen) atoms. The van der Waals surface area contributed by atoms with Gasteiger partial charge < -0.3 is 14.9 Å². The highest BCUT2D eigenvalue weighted by Gasteiger charge is 2.47. The number of carbonyl (C=O) groups excluding carboxylic acids is 2. The molecule has 5 nitrogen and oxygen atoms in total. The second-order valence-electron chi connectivity index (χ2n) is 5.96. The number of aliphatic hydroxyl groups excluding tert-OH is 2. The van der Waals surface area contributed by atoms with Crippen LogP contribution in [-0.2, 0) is 14.3 Å². The topological polar surface area (TPSA) is 83.8 Å². The molecule has 0 spiro atoms. The second kappa shape index (κ2) is 7.71. The molecule has 0 heterocycles. The third-order valence-electron chi connectivity index (χ3n) is 4.38. The molecule has 5 heteroatoms. The number of hydrogen-bond acceptors (Lipinski definition) is 5. The maximum atomic E-state index is 11.9. The molecule has 3 atom stereocenters. The van der Waals surface area contributed by atoms with Crippen LogP contribution < -0.4 is 0 Å². The van der Waals surface area contributed by atoms with Crippen molar-refractivity contribution in [2.24, 2.45) is 11.8 Å². The fraction of sp³-hybridized carbons (Fsp3) is 0.750. The van der Waals surface area contributed by atoms with E-state index >= 15 is 0 Å². The van der Waals surface area contributed by atoms with E-state index in [4.69, 9.17) is 9.84 Å². The van der Waals surface area contributed by atoms with Crippen LogP contribution in [0.3, 0.4) is 0 Å². The largest absolute Gasteiger partial charge is 0.455 e. The van der Waals surface area contributed by atoms with Crippen molar-refractivity contribution in [1.29, 1.82) is 0 Å². The van der Waals surface area contributed by atoms with E-state index in [2.05, 4.69) is 6.58 Å². The minimum atomic E-state index is -0.730. The summed E-state index contributed by atoms with van der Waals surface area (Å²) >= 11 is 0. The molecule has 1 saturated carbocycles. The molecule has 1 rings (SSSR count). The number of Topliss-reactive ketones (excluding diaryl/α,β-unsaturated/α-hetero) is 1. The quantitative estimate of drug-likeness (QED) is 0.551. The van der Waals surface area contributed by atoms with Gasteiger partial charge in [-0.2, -0.15) is 0 Å². The first-order chi connectivity index (χ1) is 9.90. The smallest absolute Gasteiger partial charge is 0.333 e. The zero-order valence-corrected chi connectivity index (χ0v) is 12.9. The zero-order chi connectivity index (χ0) is 16.0. The summed E-state index contributed by atoms with van der Waals surface area (Å²) in [5.74, 6) is -1.20. The van der Waals surface area contributed by atoms with E-state index in [1.54, 1.807) is 6.92 Å². The third kappa shape index (κ3) is 4.14. The molecule has 0 amide bonds. The average Bonchev–Trinajstić information content (AvgIpc) is 2.46. The van der Waals surface area contributed by atoms with Crippen molar-refractivity contribution in [2.75, 3.05) is 13.2 Å². The van der Waals surface area contributed by atoms with E-state index in [9.17, 15) is 14.7 Å². The normalized spacial score (nSPS) is 29.0. The summed E-state index contributed by atoms with van der Waals surface area (Å²) in [5.41, 5.74) is -0.401. The van der Waals surface area contributed by atoms with Crippen LogP contribution in [0.5, 0.6) is 0 Å². The fourth-order valence-electron chi connectivity index (χ4n) is 3.17. The Morgan fingerprint density at radius 3 is 2.52 bits per heavy atom. The summed E-state index contributed by atoms with van der Waals surface area (Å²) in [4.78, 5) is 23.6. The van der Waals surface area contributed by atoms with Crippen molar-refractivity contribution in [3.05, 3.63) is 12.2 Å². The summed E-state index contributed by atoms with van der Waals surface area (Å²) in [7, 11) is 0. The van der Waals surface area contributed by atoms with Gasteiger partial charge in [-0.25, -0.2) is 4.79 Å². The molecule has 0 aromatic heterocycles. The van der Waals surface area contributed by atoms with E-state index in [0.29, 0.717) is 31.3 Å². The lowest BCUT2D eigenvalue weighted by atomic mass is 9.68. The van der Waals surface area contributed by atoms with Crippen LogP contribution in [0.1, 0.15) is 46.0 Å². The summed E-state index contributed by atoms with van der Waals surface area (Å²) in [6.45, 7) is 6.57. The Labute approximate surface area is 126 Å². The summed E-state index contributed by atoms with van der Waals surface area (Å²) in [6.07, 6.45) is 3.01. The van der Waals surface area contributed by atoms with E-state index in [1.807, 2.05) is 6.92 Å². The van der Waals surface area contributed by atoms with E-state index in [-0.39, 0.29) is 24.2 Å². The van der Waals surface area contributed by atoms with Crippen molar-refractivity contribution < 1.29 is 24.5 Å². The van der Waals surface area contributed by atoms with E-state index in [1.165, 1.54) is 0 Å². The maximum Gasteiger partial charge on any atom is 0.333 e. The number of ether oxygens (including phenoxy) is 1. The molecular weight excluding hydrogens is 272 g/mol. The van der Waals surface area contributed by atoms with Gasteiger partial charge in [-0.1, -0.05) is 19.9 Å². The van der Waals surface area contributed by atoms with Crippen LogP contribution in [0, 0.1) is 11.8 Å². The molecule has 0 bridgehead atoms. The van der Waals surface area contributed by atoms with Crippen LogP contribution in [0.2, 0.25) is 0 Å². The summed E-state index contributed by atoms with van der Waals surface area (Å²) in [5, 5.41) is 18.7. The zero-order valence-electron chi connectivity index (χ0n) is 12.9. The number of ketones is 1. The Morgan fingerprint density at radius 1 is 1.38 bits per heavy atom. The average molecular weight is 298 g/mol. The van der Waals surface area contributed by atoms with Gasteiger partial charge >= 0.3 is 5.97 Å². The molecule has 1 aliphatic rings. The predicted octanol–water partition coefficient (Wildman–Crippen LogP) is 1.61. The molecule has 1 fully saturated rings. The maximum absolute atomic E-state index is 11.9. The Hall–Kier alpha value is -1.20. The minimum absolute atomic E-state index is 0.140. The molecule has 0 aromatic rings. The van der Waals surface area contributed by atoms with Crippen molar-refractivity contribution in [2.45, 2.75) is 51.6 Å². The van der Waals surface area contributed by atoms with Gasteiger partial charge in [0.05, 0.1) is 0 Å². The Balaban J connectivity index is 2.94. The van der Waals surface area contributed by atoms with Crippen LogP contribution in [0.15, 0.2) is 12.2 Å². The number of esters is 1. The van der Waals surface area contributed by atoms with Gasteiger partial charge in [0.1, 0.15) is 12.2 Å². The predicted molar refractivity (Wildman–Crippen MR) is 78.6 cm³/mol. The molecule has 0 radical (unpaired) electrons. The highest BCUT2D eigenvalue weighted by atomic mass is 16.6. The van der Waals surface area contributed by atoms with Gasteiger partial charge in [-0.15, -0.1) is 0 Å². The van der Waals surface area contributed by atoms with E-state index in [0.717, 1.165) is 6.42 Å². The van der Waals surface area contributed by atoms with Gasteiger partial charge in [-0.3, -0.25) is 4.79 Å². The van der Waals surface area contributed by atoms with Gasteiger partial charge in [0.2, 0.25) is 0 Å². The van der Waals surface area contributed by atoms with Crippen molar-refractivity contribution in [3.63, 3.8) is 0 Å². The first kappa shape index (κ1) is 17.9. The first-order valence-electron chi connectivity index (χ1n) is 7.53. The molecule has 120 valence electrons. The number of carbonyl (C=O) groups is 2. The SMILES string of the molecule is C=C(C)C(=O)OC1(CCC)CCC(C(=O)CO)CC1CO. The van der Waals surface area contributed by atoms with Gasteiger partial charge in [0.15, 0.2) is 5.78 Å². The van der Waals surface area contributed by atoms with Gasteiger partial charge in [-0.05, 0) is 32.6 Å². The molecule has 0 saturated heterocycles. The standard InChI is InChI=1S/C16H26O5/c1-4-6-16(21-15(20)11(2)3)7-5-12(14(19)10-18)8-13(16)9-17/h12-13,17-18H,2,4-10H2,1,3H3. The summed E-state index contributed by atoms with van der Waals surface area (Å²) < 4.78 is 5.67. The van der Waals surface area contributed by atoms with Crippen molar-refractivity contribution in [1.82, 2.24) is 0 Å².